The summed E-state index contributed by atoms with van der Waals surface area (Å²) in [5.74, 6) is -1.01. The van der Waals surface area contributed by atoms with Crippen LogP contribution in [0.25, 0.3) is 0 Å². The topological polar surface area (TPSA) is 52.6 Å². The monoisotopic (exact) mass is 184 g/mol. The third kappa shape index (κ3) is 1.30. The van der Waals surface area contributed by atoms with Crippen LogP contribution in [0, 0.1) is 11.8 Å². The average molecular weight is 184 g/mol. The summed E-state index contributed by atoms with van der Waals surface area (Å²) in [6.45, 7) is 0. The van der Waals surface area contributed by atoms with Gasteiger partial charge < -0.3 is 9.47 Å². The Hall–Kier alpha value is -1.06. The van der Waals surface area contributed by atoms with Crippen LogP contribution >= 0.6 is 0 Å². The van der Waals surface area contributed by atoms with E-state index in [1.165, 1.54) is 7.11 Å². The van der Waals surface area contributed by atoms with Crippen molar-refractivity contribution in [1.82, 2.24) is 0 Å². The highest BCUT2D eigenvalue weighted by Gasteiger charge is 2.47. The largest absolute Gasteiger partial charge is 0.469 e. The summed E-state index contributed by atoms with van der Waals surface area (Å²) in [5.41, 5.74) is 0. The smallest absolute Gasteiger partial charge is 0.310 e. The van der Waals surface area contributed by atoms with Crippen molar-refractivity contribution in [2.24, 2.45) is 11.8 Å². The standard InChI is InChI=1S/C9H12O4/c1-12-8(10)6-3-2-5-4-7(6)9(11)13-5/h5-7H,2-4H2,1H3/t5-,6-,7-/m1/s1. The Bertz CT molecular complexity index is 248. The molecule has 1 aliphatic heterocycles. The highest BCUT2D eigenvalue weighted by atomic mass is 16.6. The van der Waals surface area contributed by atoms with Gasteiger partial charge in [0.1, 0.15) is 6.10 Å². The molecule has 0 amide bonds. The molecule has 2 aliphatic rings. The summed E-state index contributed by atoms with van der Waals surface area (Å²) in [4.78, 5) is 22.5. The van der Waals surface area contributed by atoms with Crippen LogP contribution in [0.2, 0.25) is 0 Å². The first-order chi connectivity index (χ1) is 6.22. The molecule has 4 nitrogen and oxygen atoms in total. The number of esters is 2. The zero-order valence-electron chi connectivity index (χ0n) is 7.49. The molecule has 3 atom stereocenters. The molecule has 1 heterocycles. The fraction of sp³-hybridized carbons (Fsp3) is 0.778. The van der Waals surface area contributed by atoms with E-state index in [0.29, 0.717) is 12.8 Å². The molecule has 0 spiro atoms. The van der Waals surface area contributed by atoms with E-state index in [9.17, 15) is 9.59 Å². The van der Waals surface area contributed by atoms with E-state index in [0.717, 1.165) is 6.42 Å². The molecule has 0 radical (unpaired) electrons. The van der Waals surface area contributed by atoms with E-state index < -0.39 is 0 Å². The lowest BCUT2D eigenvalue weighted by molar-refractivity contribution is -0.153. The number of hydrogen-bond donors (Lipinski definition) is 0. The summed E-state index contributed by atoms with van der Waals surface area (Å²) < 4.78 is 9.71. The van der Waals surface area contributed by atoms with E-state index in [2.05, 4.69) is 4.74 Å². The molecule has 1 aliphatic carbocycles. The summed E-state index contributed by atoms with van der Waals surface area (Å²) in [6, 6.07) is 0. The summed E-state index contributed by atoms with van der Waals surface area (Å²) in [5, 5.41) is 0. The first-order valence-electron chi connectivity index (χ1n) is 4.50. The van der Waals surface area contributed by atoms with Crippen LogP contribution in [0.1, 0.15) is 19.3 Å². The Morgan fingerprint density at radius 3 is 3.00 bits per heavy atom. The molecule has 1 saturated carbocycles. The Labute approximate surface area is 76.2 Å². The van der Waals surface area contributed by atoms with Gasteiger partial charge in [0, 0.05) is 0 Å². The van der Waals surface area contributed by atoms with Crippen molar-refractivity contribution >= 4 is 11.9 Å². The second-order valence-corrected chi connectivity index (χ2v) is 3.61. The molecule has 0 aromatic heterocycles. The molecule has 1 saturated heterocycles. The van der Waals surface area contributed by atoms with Gasteiger partial charge in [-0.15, -0.1) is 0 Å². The van der Waals surface area contributed by atoms with Gasteiger partial charge in [-0.05, 0) is 19.3 Å². The second kappa shape index (κ2) is 3.01. The van der Waals surface area contributed by atoms with Gasteiger partial charge in [-0.3, -0.25) is 9.59 Å². The SMILES string of the molecule is COC(=O)[C@@H]1CC[C@@H]2C[C@H]1C(=O)O2. The van der Waals surface area contributed by atoms with Crippen LogP contribution in [-0.4, -0.2) is 25.2 Å². The molecule has 2 rings (SSSR count). The van der Waals surface area contributed by atoms with Gasteiger partial charge in [0.15, 0.2) is 0 Å². The number of fused-ring (bicyclic) bond motifs is 2. The fourth-order valence-electron chi connectivity index (χ4n) is 2.18. The maximum Gasteiger partial charge on any atom is 0.310 e. The lowest BCUT2D eigenvalue weighted by Crippen LogP contribution is -2.30. The molecular formula is C9H12O4. The van der Waals surface area contributed by atoms with Crippen molar-refractivity contribution in [1.29, 1.82) is 0 Å². The third-order valence-electron chi connectivity index (χ3n) is 2.89. The van der Waals surface area contributed by atoms with Gasteiger partial charge in [0.25, 0.3) is 0 Å². The molecule has 2 bridgehead atoms. The zero-order chi connectivity index (χ0) is 9.42. The summed E-state index contributed by atoms with van der Waals surface area (Å²) in [7, 11) is 1.36. The van der Waals surface area contributed by atoms with E-state index >= 15 is 0 Å². The first kappa shape index (κ1) is 8.53. The summed E-state index contributed by atoms with van der Waals surface area (Å²) in [6.07, 6.45) is 2.26. The number of carbonyl (C=O) groups is 2. The van der Waals surface area contributed by atoms with Crippen LogP contribution in [0.15, 0.2) is 0 Å². The summed E-state index contributed by atoms with van der Waals surface area (Å²) >= 11 is 0. The Balaban J connectivity index is 2.13. The maximum atomic E-state index is 11.3. The van der Waals surface area contributed by atoms with Gasteiger partial charge in [-0.1, -0.05) is 0 Å². The Morgan fingerprint density at radius 2 is 2.31 bits per heavy atom. The molecule has 4 heteroatoms. The minimum atomic E-state index is -0.276. The lowest BCUT2D eigenvalue weighted by Gasteiger charge is -2.21. The highest BCUT2D eigenvalue weighted by Crippen LogP contribution is 2.38. The van der Waals surface area contributed by atoms with Crippen LogP contribution in [0.4, 0.5) is 0 Å². The van der Waals surface area contributed by atoms with E-state index in [1.807, 2.05) is 0 Å². The minimum absolute atomic E-state index is 0.0541. The predicted octanol–water partition coefficient (Wildman–Crippen LogP) is 0.501. The number of rotatable bonds is 1. The van der Waals surface area contributed by atoms with Crippen molar-refractivity contribution in [2.75, 3.05) is 7.11 Å². The van der Waals surface area contributed by atoms with Crippen molar-refractivity contribution in [3.63, 3.8) is 0 Å². The molecular weight excluding hydrogens is 172 g/mol. The Kier molecular flexibility index (Phi) is 1.98. The van der Waals surface area contributed by atoms with Crippen molar-refractivity contribution in [3.8, 4) is 0 Å². The number of hydrogen-bond acceptors (Lipinski definition) is 4. The van der Waals surface area contributed by atoms with Crippen molar-refractivity contribution in [3.05, 3.63) is 0 Å². The lowest BCUT2D eigenvalue weighted by atomic mass is 9.80. The van der Waals surface area contributed by atoms with Gasteiger partial charge in [-0.2, -0.15) is 0 Å². The number of carbonyl (C=O) groups excluding carboxylic acids is 2. The molecule has 0 N–H and O–H groups in total. The molecule has 0 aromatic rings. The molecule has 0 aromatic carbocycles. The van der Waals surface area contributed by atoms with Gasteiger partial charge >= 0.3 is 11.9 Å². The van der Waals surface area contributed by atoms with Crippen LogP contribution < -0.4 is 0 Å². The number of methoxy groups -OCH3 is 1. The van der Waals surface area contributed by atoms with Gasteiger partial charge in [-0.25, -0.2) is 0 Å². The molecule has 13 heavy (non-hydrogen) atoms. The fourth-order valence-corrected chi connectivity index (χ4v) is 2.18. The predicted molar refractivity (Wildman–Crippen MR) is 42.7 cm³/mol. The van der Waals surface area contributed by atoms with E-state index in [-0.39, 0.29) is 29.9 Å². The first-order valence-corrected chi connectivity index (χ1v) is 4.50. The third-order valence-corrected chi connectivity index (χ3v) is 2.89. The molecule has 0 unspecified atom stereocenters. The van der Waals surface area contributed by atoms with Crippen LogP contribution in [0.5, 0.6) is 0 Å². The van der Waals surface area contributed by atoms with E-state index in [4.69, 9.17) is 4.74 Å². The van der Waals surface area contributed by atoms with Crippen molar-refractivity contribution < 1.29 is 19.1 Å². The molecule has 2 fully saturated rings. The number of ether oxygens (including phenoxy) is 2. The zero-order valence-corrected chi connectivity index (χ0v) is 7.49. The van der Waals surface area contributed by atoms with Crippen LogP contribution in [0.3, 0.4) is 0 Å². The Morgan fingerprint density at radius 1 is 1.54 bits per heavy atom. The second-order valence-electron chi connectivity index (χ2n) is 3.61. The highest BCUT2D eigenvalue weighted by molar-refractivity contribution is 5.83. The maximum absolute atomic E-state index is 11.3. The van der Waals surface area contributed by atoms with Crippen LogP contribution in [-0.2, 0) is 19.1 Å². The normalized spacial score (nSPS) is 37.0. The minimum Gasteiger partial charge on any atom is -0.469 e. The van der Waals surface area contributed by atoms with Gasteiger partial charge in [0.2, 0.25) is 0 Å². The van der Waals surface area contributed by atoms with E-state index in [1.54, 1.807) is 0 Å². The van der Waals surface area contributed by atoms with Gasteiger partial charge in [0.05, 0.1) is 18.9 Å². The van der Waals surface area contributed by atoms with Crippen molar-refractivity contribution in [2.45, 2.75) is 25.4 Å². The molecule has 72 valence electrons. The quantitative estimate of drug-likeness (QED) is 0.557. The average Bonchev–Trinajstić information content (AvgIpc) is 2.42.